The third-order valence-corrected chi connectivity index (χ3v) is 3.13. The van der Waals surface area contributed by atoms with Gasteiger partial charge < -0.3 is 15.2 Å². The van der Waals surface area contributed by atoms with Gasteiger partial charge in [0.25, 0.3) is 5.91 Å². The van der Waals surface area contributed by atoms with Gasteiger partial charge in [-0.3, -0.25) is 9.48 Å². The van der Waals surface area contributed by atoms with Crippen molar-refractivity contribution in [2.45, 2.75) is 26.4 Å². The van der Waals surface area contributed by atoms with E-state index in [-0.39, 0.29) is 5.91 Å². The minimum absolute atomic E-state index is 0.0287. The number of rotatable bonds is 5. The third-order valence-electron chi connectivity index (χ3n) is 3.13. The summed E-state index contributed by atoms with van der Waals surface area (Å²) in [6.45, 7) is 3.40. The molecule has 0 fully saturated rings. The van der Waals surface area contributed by atoms with Crippen LogP contribution in [-0.2, 0) is 20.1 Å². The molecule has 0 unspecified atom stereocenters. The van der Waals surface area contributed by atoms with Gasteiger partial charge in [-0.1, -0.05) is 6.92 Å². The fraction of sp³-hybridized carbons (Fsp3) is 0.429. The smallest absolute Gasteiger partial charge is 0.270 e. The second kappa shape index (κ2) is 5.81. The summed E-state index contributed by atoms with van der Waals surface area (Å²) in [7, 11) is 3.65. The molecular weight excluding hydrogens is 254 g/mol. The van der Waals surface area contributed by atoms with Gasteiger partial charge in [0, 0.05) is 45.1 Å². The molecule has 6 nitrogen and oxygen atoms in total. The maximum Gasteiger partial charge on any atom is 0.270 e. The number of carbonyl (C=O) groups excluding carboxylic acids is 1. The number of nitrogen functional groups attached to an aromatic ring is 1. The van der Waals surface area contributed by atoms with Crippen LogP contribution in [0.4, 0.5) is 5.69 Å². The predicted octanol–water partition coefficient (Wildman–Crippen LogP) is 1.49. The highest BCUT2D eigenvalue weighted by atomic mass is 16.2. The quantitative estimate of drug-likeness (QED) is 0.898. The van der Waals surface area contributed by atoms with Crippen molar-refractivity contribution in [2.75, 3.05) is 12.8 Å². The summed E-state index contributed by atoms with van der Waals surface area (Å²) in [6.07, 6.45) is 6.45. The van der Waals surface area contributed by atoms with Gasteiger partial charge in [0.2, 0.25) is 0 Å². The first-order valence-corrected chi connectivity index (χ1v) is 6.70. The van der Waals surface area contributed by atoms with Crippen LogP contribution in [0.2, 0.25) is 0 Å². The Labute approximate surface area is 118 Å². The molecular formula is C14H21N5O. The molecule has 2 aromatic heterocycles. The molecule has 2 rings (SSSR count). The first-order valence-electron chi connectivity index (χ1n) is 6.70. The highest BCUT2D eigenvalue weighted by Crippen LogP contribution is 2.14. The zero-order valence-corrected chi connectivity index (χ0v) is 12.2. The number of carbonyl (C=O) groups is 1. The van der Waals surface area contributed by atoms with Gasteiger partial charge >= 0.3 is 0 Å². The Morgan fingerprint density at radius 2 is 2.20 bits per heavy atom. The van der Waals surface area contributed by atoms with Crippen molar-refractivity contribution in [3.63, 3.8) is 0 Å². The summed E-state index contributed by atoms with van der Waals surface area (Å²) in [5, 5.41) is 4.11. The summed E-state index contributed by atoms with van der Waals surface area (Å²) in [5.41, 5.74) is 8.06. The normalized spacial score (nSPS) is 10.8. The molecule has 0 bridgehead atoms. The second-order valence-electron chi connectivity index (χ2n) is 5.04. The molecule has 0 spiro atoms. The lowest BCUT2D eigenvalue weighted by Gasteiger charge is -2.17. The zero-order chi connectivity index (χ0) is 14.7. The lowest BCUT2D eigenvalue weighted by atomic mass is 10.3. The lowest BCUT2D eigenvalue weighted by molar-refractivity contribution is 0.0774. The number of aromatic nitrogens is 3. The number of hydrogen-bond acceptors (Lipinski definition) is 3. The van der Waals surface area contributed by atoms with Crippen LogP contribution in [0.5, 0.6) is 0 Å². The Hall–Kier alpha value is -2.24. The summed E-state index contributed by atoms with van der Waals surface area (Å²) in [5.74, 6) is -0.0287. The van der Waals surface area contributed by atoms with Crippen LogP contribution in [0.1, 0.15) is 29.4 Å². The molecule has 0 saturated carbocycles. The largest absolute Gasteiger partial charge is 0.397 e. The van der Waals surface area contributed by atoms with Crippen LogP contribution in [0, 0.1) is 0 Å². The van der Waals surface area contributed by atoms with Crippen LogP contribution >= 0.6 is 0 Å². The fourth-order valence-corrected chi connectivity index (χ4v) is 2.23. The maximum atomic E-state index is 12.5. The van der Waals surface area contributed by atoms with E-state index in [1.807, 2.05) is 24.0 Å². The van der Waals surface area contributed by atoms with E-state index in [4.69, 9.17) is 5.73 Å². The predicted molar refractivity (Wildman–Crippen MR) is 78.1 cm³/mol. The molecule has 0 radical (unpaired) electrons. The Bertz CT molecular complexity index is 598. The Morgan fingerprint density at radius 3 is 2.80 bits per heavy atom. The van der Waals surface area contributed by atoms with Crippen molar-refractivity contribution in [3.05, 3.63) is 35.9 Å². The van der Waals surface area contributed by atoms with E-state index in [0.717, 1.165) is 18.5 Å². The van der Waals surface area contributed by atoms with E-state index in [2.05, 4.69) is 12.0 Å². The molecule has 0 aromatic carbocycles. The van der Waals surface area contributed by atoms with Crippen molar-refractivity contribution in [1.82, 2.24) is 19.2 Å². The molecule has 0 aliphatic heterocycles. The molecule has 2 N–H and O–H groups in total. The molecule has 0 saturated heterocycles. The summed E-state index contributed by atoms with van der Waals surface area (Å²) < 4.78 is 3.64. The topological polar surface area (TPSA) is 69.1 Å². The van der Waals surface area contributed by atoms with Crippen LogP contribution in [0.15, 0.2) is 24.7 Å². The Morgan fingerprint density at radius 1 is 1.45 bits per heavy atom. The van der Waals surface area contributed by atoms with E-state index in [1.165, 1.54) is 0 Å². The summed E-state index contributed by atoms with van der Waals surface area (Å²) in [4.78, 5) is 14.2. The van der Waals surface area contributed by atoms with Crippen LogP contribution in [0.25, 0.3) is 0 Å². The molecule has 108 valence electrons. The van der Waals surface area contributed by atoms with Crippen LogP contribution in [-0.4, -0.2) is 32.2 Å². The van der Waals surface area contributed by atoms with Gasteiger partial charge in [-0.15, -0.1) is 0 Å². The van der Waals surface area contributed by atoms with Gasteiger partial charge in [0.05, 0.1) is 11.9 Å². The van der Waals surface area contributed by atoms with Crippen molar-refractivity contribution >= 4 is 11.6 Å². The van der Waals surface area contributed by atoms with Crippen molar-refractivity contribution in [1.29, 1.82) is 0 Å². The summed E-state index contributed by atoms with van der Waals surface area (Å²) in [6, 6.07) is 1.73. The second-order valence-corrected chi connectivity index (χ2v) is 5.04. The lowest BCUT2D eigenvalue weighted by Crippen LogP contribution is -2.28. The average Bonchev–Trinajstić information content (AvgIpc) is 2.95. The summed E-state index contributed by atoms with van der Waals surface area (Å²) >= 11 is 0. The Balaban J connectivity index is 2.13. The van der Waals surface area contributed by atoms with Crippen LogP contribution < -0.4 is 5.73 Å². The van der Waals surface area contributed by atoms with E-state index in [1.54, 1.807) is 28.9 Å². The van der Waals surface area contributed by atoms with E-state index >= 15 is 0 Å². The first kappa shape index (κ1) is 14.2. The SMILES string of the molecule is CCCn1cc(N)cc1C(=O)N(C)Cc1cnn(C)c1. The monoisotopic (exact) mass is 275 g/mol. The van der Waals surface area contributed by atoms with Crippen molar-refractivity contribution in [3.8, 4) is 0 Å². The molecule has 20 heavy (non-hydrogen) atoms. The number of anilines is 1. The van der Waals surface area contributed by atoms with Crippen molar-refractivity contribution in [2.24, 2.45) is 7.05 Å². The van der Waals surface area contributed by atoms with Gasteiger partial charge in [0.15, 0.2) is 0 Å². The molecule has 0 atom stereocenters. The van der Waals surface area contributed by atoms with E-state index in [0.29, 0.717) is 17.9 Å². The molecule has 0 aliphatic rings. The number of hydrogen-bond donors (Lipinski definition) is 1. The Kier molecular flexibility index (Phi) is 4.12. The minimum Gasteiger partial charge on any atom is -0.397 e. The van der Waals surface area contributed by atoms with E-state index < -0.39 is 0 Å². The minimum atomic E-state index is -0.0287. The standard InChI is InChI=1S/C14H21N5O/c1-4-5-19-10-12(15)6-13(19)14(20)17(2)8-11-7-16-18(3)9-11/h6-7,9-10H,4-5,8,15H2,1-3H3. The third kappa shape index (κ3) is 3.01. The number of nitrogens with two attached hydrogens (primary N) is 1. The highest BCUT2D eigenvalue weighted by Gasteiger charge is 2.17. The van der Waals surface area contributed by atoms with Gasteiger partial charge in [-0.05, 0) is 12.5 Å². The van der Waals surface area contributed by atoms with Gasteiger partial charge in [0.1, 0.15) is 5.69 Å². The van der Waals surface area contributed by atoms with E-state index in [9.17, 15) is 4.79 Å². The van der Waals surface area contributed by atoms with Gasteiger partial charge in [-0.25, -0.2) is 0 Å². The number of aryl methyl sites for hydroxylation is 2. The van der Waals surface area contributed by atoms with Crippen LogP contribution in [0.3, 0.4) is 0 Å². The number of nitrogens with zero attached hydrogens (tertiary/aromatic N) is 4. The number of amides is 1. The zero-order valence-electron chi connectivity index (χ0n) is 12.2. The molecule has 1 amide bonds. The van der Waals surface area contributed by atoms with Gasteiger partial charge in [-0.2, -0.15) is 5.10 Å². The first-order chi connectivity index (χ1) is 9.51. The maximum absolute atomic E-state index is 12.5. The molecule has 0 aliphatic carbocycles. The highest BCUT2D eigenvalue weighted by molar-refractivity contribution is 5.93. The fourth-order valence-electron chi connectivity index (χ4n) is 2.23. The van der Waals surface area contributed by atoms with Crippen molar-refractivity contribution < 1.29 is 4.79 Å². The molecule has 2 aromatic rings. The molecule has 2 heterocycles. The molecule has 6 heteroatoms. The average molecular weight is 275 g/mol.